The van der Waals surface area contributed by atoms with Gasteiger partial charge in [0.15, 0.2) is 0 Å². The number of aryl methyl sites for hydroxylation is 2. The van der Waals surface area contributed by atoms with E-state index in [0.717, 1.165) is 5.92 Å². The van der Waals surface area contributed by atoms with Crippen LogP contribution in [0.2, 0.25) is 0 Å². The molecule has 25 heavy (non-hydrogen) atoms. The molecule has 0 radical (unpaired) electrons. The summed E-state index contributed by atoms with van der Waals surface area (Å²) in [7, 11) is 0. The maximum atomic E-state index is 2.46. The molecule has 0 bridgehead atoms. The normalized spacial score (nSPS) is 15.3. The summed E-state index contributed by atoms with van der Waals surface area (Å²) in [5, 5.41) is 2.84. The van der Waals surface area contributed by atoms with Crippen LogP contribution in [0, 0.1) is 19.8 Å². The van der Waals surface area contributed by atoms with Crippen molar-refractivity contribution in [3.8, 4) is 11.1 Å². The van der Waals surface area contributed by atoms with Crippen molar-refractivity contribution in [3.05, 3.63) is 65.2 Å². The Bertz CT molecular complexity index is 832. The van der Waals surface area contributed by atoms with Crippen molar-refractivity contribution < 1.29 is 26.2 Å². The summed E-state index contributed by atoms with van der Waals surface area (Å²) in [5.74, 6) is 0.902. The molecule has 0 aromatic heterocycles. The molecule has 0 spiro atoms. The van der Waals surface area contributed by atoms with Crippen LogP contribution in [0.1, 0.15) is 48.8 Å². The van der Waals surface area contributed by atoms with Gasteiger partial charge in [-0.1, -0.05) is 79.1 Å². The Morgan fingerprint density at radius 1 is 0.880 bits per heavy atom. The predicted molar refractivity (Wildman–Crippen MR) is 105 cm³/mol. The third kappa shape index (κ3) is 4.20. The van der Waals surface area contributed by atoms with Gasteiger partial charge in [0.25, 0.3) is 0 Å². The minimum absolute atomic E-state index is 0. The van der Waals surface area contributed by atoms with Gasteiger partial charge in [-0.2, -0.15) is 6.07 Å². The number of fused-ring (bicyclic) bond motifs is 1. The first-order chi connectivity index (χ1) is 11.7. The molecule has 3 aromatic rings. The monoisotopic (exact) mass is 405 g/mol. The summed E-state index contributed by atoms with van der Waals surface area (Å²) < 4.78 is 0. The molecule has 0 heterocycles. The van der Waals surface area contributed by atoms with E-state index in [0.29, 0.717) is 0 Å². The second-order valence-corrected chi connectivity index (χ2v) is 7.75. The molecule has 0 nitrogen and oxygen atoms in total. The zero-order valence-electron chi connectivity index (χ0n) is 15.4. The van der Waals surface area contributed by atoms with Crippen molar-refractivity contribution in [2.75, 3.05) is 0 Å². The van der Waals surface area contributed by atoms with Crippen molar-refractivity contribution >= 4 is 10.8 Å². The third-order valence-electron chi connectivity index (χ3n) is 5.64. The van der Waals surface area contributed by atoms with Gasteiger partial charge in [-0.05, 0) is 31.7 Å². The molecule has 1 fully saturated rings. The van der Waals surface area contributed by atoms with Crippen LogP contribution < -0.4 is 0 Å². The van der Waals surface area contributed by atoms with E-state index in [2.05, 4.69) is 62.4 Å². The van der Waals surface area contributed by atoms with Crippen molar-refractivity contribution in [3.63, 3.8) is 0 Å². The first-order valence-electron chi connectivity index (χ1n) is 9.46. The zero-order valence-corrected chi connectivity index (χ0v) is 17.9. The van der Waals surface area contributed by atoms with Gasteiger partial charge in [0.2, 0.25) is 0 Å². The molecule has 1 heteroatoms. The van der Waals surface area contributed by atoms with E-state index in [1.54, 1.807) is 0 Å². The molecule has 0 aliphatic heterocycles. The molecule has 1 saturated carbocycles. The molecule has 1 aliphatic carbocycles. The van der Waals surface area contributed by atoms with Gasteiger partial charge in [0.05, 0.1) is 0 Å². The van der Waals surface area contributed by atoms with Crippen LogP contribution in [-0.4, -0.2) is 0 Å². The topological polar surface area (TPSA) is 0 Å². The largest absolute Gasteiger partial charge is 0.164 e. The molecule has 0 unspecified atom stereocenters. The van der Waals surface area contributed by atoms with Crippen molar-refractivity contribution in [2.45, 2.75) is 52.4 Å². The van der Waals surface area contributed by atoms with Crippen LogP contribution in [0.4, 0.5) is 0 Å². The van der Waals surface area contributed by atoms with Crippen LogP contribution in [0.5, 0.6) is 0 Å². The van der Waals surface area contributed by atoms with Crippen molar-refractivity contribution in [1.29, 1.82) is 0 Å². The van der Waals surface area contributed by atoms with E-state index >= 15 is 0 Å². The maximum Gasteiger partial charge on any atom is 0 e. The van der Waals surface area contributed by atoms with E-state index in [4.69, 9.17) is 0 Å². The molecule has 0 amide bonds. The predicted octanol–water partition coefficient (Wildman–Crippen LogP) is 6.96. The number of rotatable bonds is 3. The van der Waals surface area contributed by atoms with Gasteiger partial charge in [0, 0.05) is 26.2 Å². The second-order valence-electron chi connectivity index (χ2n) is 7.75. The molecular weight excluding hydrogens is 379 g/mol. The summed E-state index contributed by atoms with van der Waals surface area (Å²) in [6, 6.07) is 18.5. The Morgan fingerprint density at radius 3 is 2.32 bits per heavy atom. The van der Waals surface area contributed by atoms with Crippen molar-refractivity contribution in [2.24, 2.45) is 5.92 Å². The second kappa shape index (κ2) is 8.09. The standard InChI is InChI=1S/C24H27.Zr/c1-17-8-10-21(11-9-17)23-13-18(2)12-22-15-20(16-24(22)23)14-19-6-4-3-5-7-19;/h8-13,15-16,19H,3-7,14H2,1-2H3;/q-1;. The van der Waals surface area contributed by atoms with Gasteiger partial charge in [-0.15, -0.1) is 28.5 Å². The minimum Gasteiger partial charge on any atom is -0.164 e. The Balaban J connectivity index is 0.00000182. The van der Waals surface area contributed by atoms with Crippen LogP contribution in [-0.2, 0) is 32.6 Å². The first kappa shape index (κ1) is 18.7. The van der Waals surface area contributed by atoms with E-state index < -0.39 is 0 Å². The van der Waals surface area contributed by atoms with Gasteiger partial charge >= 0.3 is 0 Å². The smallest absolute Gasteiger partial charge is 0 e. The maximum absolute atomic E-state index is 2.46. The first-order valence-corrected chi connectivity index (χ1v) is 9.46. The van der Waals surface area contributed by atoms with Crippen LogP contribution in [0.15, 0.2) is 48.5 Å². The van der Waals surface area contributed by atoms with Gasteiger partial charge in [0.1, 0.15) is 0 Å². The summed E-state index contributed by atoms with van der Waals surface area (Å²) in [6.07, 6.45) is 8.41. The molecule has 1 aliphatic rings. The zero-order chi connectivity index (χ0) is 16.5. The summed E-state index contributed by atoms with van der Waals surface area (Å²) in [4.78, 5) is 0. The molecule has 0 N–H and O–H groups in total. The molecule has 0 atom stereocenters. The number of hydrogen-bond acceptors (Lipinski definition) is 0. The fourth-order valence-electron chi connectivity index (χ4n) is 4.35. The number of benzene rings is 2. The van der Waals surface area contributed by atoms with Crippen LogP contribution in [0.25, 0.3) is 21.9 Å². The Labute approximate surface area is 171 Å². The summed E-state index contributed by atoms with van der Waals surface area (Å²) >= 11 is 0. The molecule has 3 aromatic carbocycles. The third-order valence-corrected chi connectivity index (χ3v) is 5.64. The van der Waals surface area contributed by atoms with Gasteiger partial charge in [-0.25, -0.2) is 0 Å². The molecular formula is C24H27Zr-. The minimum atomic E-state index is 0. The fourth-order valence-corrected chi connectivity index (χ4v) is 4.35. The summed E-state index contributed by atoms with van der Waals surface area (Å²) in [5.41, 5.74) is 6.94. The van der Waals surface area contributed by atoms with Gasteiger partial charge < -0.3 is 0 Å². The summed E-state index contributed by atoms with van der Waals surface area (Å²) in [6.45, 7) is 4.37. The Morgan fingerprint density at radius 2 is 1.60 bits per heavy atom. The average molecular weight is 407 g/mol. The SMILES string of the molecule is Cc1ccc(-c2cc(C)cc3[cH-]c(CC4CCCCC4)cc23)cc1.[Zr]. The van der Waals surface area contributed by atoms with E-state index in [1.165, 1.54) is 77.1 Å². The molecule has 4 rings (SSSR count). The van der Waals surface area contributed by atoms with Crippen molar-refractivity contribution in [1.82, 2.24) is 0 Å². The van der Waals surface area contributed by atoms with Crippen LogP contribution >= 0.6 is 0 Å². The number of hydrogen-bond donors (Lipinski definition) is 0. The molecule has 0 saturated heterocycles. The Hall–Kier alpha value is -1.07. The fraction of sp³-hybridized carbons (Fsp3) is 0.375. The molecule has 128 valence electrons. The van der Waals surface area contributed by atoms with E-state index in [1.807, 2.05) is 0 Å². The Kier molecular flexibility index (Phi) is 6.05. The van der Waals surface area contributed by atoms with E-state index in [9.17, 15) is 0 Å². The van der Waals surface area contributed by atoms with Crippen LogP contribution in [0.3, 0.4) is 0 Å². The average Bonchev–Trinajstić information content (AvgIpc) is 2.98. The van der Waals surface area contributed by atoms with Gasteiger partial charge in [-0.3, -0.25) is 0 Å². The van der Waals surface area contributed by atoms with E-state index in [-0.39, 0.29) is 26.2 Å². The quantitative estimate of drug-likeness (QED) is 0.412.